The SMILES string of the molecule is C[Si](C)(C)COC(=O)C(=Cc1ccc(OCOc2ccc(C=C(C(=O)OC[Si](C)(C)C)C(=O)OC[Si](C)(C)C)cc2)cc1)C(=O)OC[Si](C)(C)C. The third-order valence-electron chi connectivity index (χ3n) is 6.26. The van der Waals surface area contributed by atoms with Gasteiger partial charge in [-0.05, 0) is 47.5 Å². The van der Waals surface area contributed by atoms with Gasteiger partial charge in [0.2, 0.25) is 6.79 Å². The van der Waals surface area contributed by atoms with Crippen LogP contribution in [0.5, 0.6) is 11.5 Å². The molecule has 0 atom stereocenters. The van der Waals surface area contributed by atoms with Crippen LogP contribution >= 0.6 is 0 Å². The highest BCUT2D eigenvalue weighted by Crippen LogP contribution is 2.20. The molecule has 280 valence electrons. The van der Waals surface area contributed by atoms with E-state index in [-0.39, 0.29) is 17.9 Å². The maximum absolute atomic E-state index is 12.9. The number of benzene rings is 2. The third-order valence-corrected chi connectivity index (χ3v) is 10.3. The van der Waals surface area contributed by atoms with Gasteiger partial charge in [0, 0.05) is 0 Å². The Morgan fingerprint density at radius 2 is 0.667 bits per heavy atom. The monoisotopic (exact) mass is 772 g/mol. The van der Waals surface area contributed by atoms with Gasteiger partial charge in [0.25, 0.3) is 0 Å². The Labute approximate surface area is 307 Å². The lowest BCUT2D eigenvalue weighted by atomic mass is 10.1. The zero-order valence-corrected chi connectivity index (χ0v) is 36.4. The first kappa shape index (κ1) is 43.4. The van der Waals surface area contributed by atoms with Crippen molar-refractivity contribution in [3.63, 3.8) is 0 Å². The van der Waals surface area contributed by atoms with Crippen molar-refractivity contribution >= 4 is 68.3 Å². The second-order valence-corrected chi connectivity index (χ2v) is 38.8. The van der Waals surface area contributed by atoms with E-state index < -0.39 is 56.2 Å². The molecule has 2 aromatic rings. The lowest BCUT2D eigenvalue weighted by molar-refractivity contribution is -0.146. The minimum Gasteiger partial charge on any atom is -0.466 e. The van der Waals surface area contributed by atoms with Gasteiger partial charge in [-0.2, -0.15) is 0 Å². The van der Waals surface area contributed by atoms with E-state index in [1.165, 1.54) is 12.2 Å². The van der Waals surface area contributed by atoms with Crippen molar-refractivity contribution < 1.29 is 47.6 Å². The molecule has 0 bridgehead atoms. The molecule has 0 radical (unpaired) electrons. The minimum atomic E-state index is -1.70. The molecule has 0 N–H and O–H groups in total. The topological polar surface area (TPSA) is 124 Å². The number of hydrogen-bond donors (Lipinski definition) is 0. The number of hydrogen-bond acceptors (Lipinski definition) is 10. The molecular weight excluding hydrogens is 717 g/mol. The number of carbonyl (C=O) groups excluding carboxylic acids is 4. The maximum Gasteiger partial charge on any atom is 0.345 e. The highest BCUT2D eigenvalue weighted by Gasteiger charge is 2.28. The van der Waals surface area contributed by atoms with Crippen molar-refractivity contribution in [2.75, 3.05) is 31.7 Å². The van der Waals surface area contributed by atoms with Crippen molar-refractivity contribution in [1.29, 1.82) is 0 Å². The largest absolute Gasteiger partial charge is 0.466 e. The summed E-state index contributed by atoms with van der Waals surface area (Å²) in [5.41, 5.74) is 0.900. The highest BCUT2D eigenvalue weighted by molar-refractivity contribution is 6.77. The van der Waals surface area contributed by atoms with Gasteiger partial charge in [-0.15, -0.1) is 0 Å². The lowest BCUT2D eigenvalue weighted by Gasteiger charge is -2.18. The number of esters is 4. The van der Waals surface area contributed by atoms with Crippen molar-refractivity contribution in [2.24, 2.45) is 0 Å². The number of rotatable bonds is 18. The molecule has 2 rings (SSSR count). The molecule has 0 amide bonds. The molecule has 10 nitrogen and oxygen atoms in total. The Morgan fingerprint density at radius 1 is 0.431 bits per heavy atom. The van der Waals surface area contributed by atoms with Crippen LogP contribution in [0.4, 0.5) is 0 Å². The van der Waals surface area contributed by atoms with E-state index in [0.717, 1.165) is 0 Å². The predicted octanol–water partition coefficient (Wildman–Crippen LogP) is 7.55. The molecule has 0 saturated carbocycles. The van der Waals surface area contributed by atoms with E-state index in [1.807, 2.05) is 0 Å². The molecule has 0 aliphatic heterocycles. The Morgan fingerprint density at radius 3 is 0.882 bits per heavy atom. The molecule has 0 unspecified atom stereocenters. The van der Waals surface area contributed by atoms with E-state index in [0.29, 0.717) is 47.5 Å². The standard InChI is InChI=1S/C37H56O10Si4/c1-48(2,3)24-44-34(38)32(35(39)45-25-49(4,5)6)21-28-13-17-30(18-14-28)42-23-43-31-19-15-29(16-20-31)22-33(36(40)46-26-50(7,8)9)37(41)47-27-51(10,11)12/h13-22H,23-27H2,1-12H3. The molecule has 0 saturated heterocycles. The fourth-order valence-corrected chi connectivity index (χ4v) is 5.92. The summed E-state index contributed by atoms with van der Waals surface area (Å²) in [6.07, 6.45) is 4.10. The van der Waals surface area contributed by atoms with Crippen LogP contribution in [0.1, 0.15) is 11.1 Å². The molecule has 0 spiro atoms. The molecular formula is C37H56O10Si4. The first-order valence-corrected chi connectivity index (χ1v) is 31.8. The van der Waals surface area contributed by atoms with Crippen LogP contribution in [0.2, 0.25) is 78.6 Å². The van der Waals surface area contributed by atoms with Gasteiger partial charge in [-0.3, -0.25) is 0 Å². The van der Waals surface area contributed by atoms with Crippen molar-refractivity contribution in [1.82, 2.24) is 0 Å². The zero-order valence-electron chi connectivity index (χ0n) is 32.4. The van der Waals surface area contributed by atoms with Crippen molar-refractivity contribution in [3.8, 4) is 11.5 Å². The van der Waals surface area contributed by atoms with Crippen LogP contribution in [-0.2, 0) is 38.1 Å². The van der Waals surface area contributed by atoms with E-state index in [4.69, 9.17) is 28.4 Å². The number of ether oxygens (including phenoxy) is 6. The smallest absolute Gasteiger partial charge is 0.345 e. The second-order valence-electron chi connectivity index (χ2n) is 17.2. The zero-order chi connectivity index (χ0) is 38.6. The Kier molecular flexibility index (Phi) is 15.9. The molecule has 0 fully saturated rings. The van der Waals surface area contributed by atoms with Gasteiger partial charge in [0.05, 0.1) is 57.2 Å². The molecule has 14 heteroatoms. The second kappa shape index (κ2) is 18.7. The predicted molar refractivity (Wildman–Crippen MR) is 212 cm³/mol. The van der Waals surface area contributed by atoms with Gasteiger partial charge in [0.15, 0.2) is 0 Å². The highest BCUT2D eigenvalue weighted by atomic mass is 28.3. The third kappa shape index (κ3) is 18.4. The van der Waals surface area contributed by atoms with Crippen LogP contribution in [-0.4, -0.2) is 87.9 Å². The average Bonchev–Trinajstić information content (AvgIpc) is 3.01. The lowest BCUT2D eigenvalue weighted by Crippen LogP contribution is -2.33. The first-order chi connectivity index (χ1) is 23.4. The minimum absolute atomic E-state index is 0.0983. The van der Waals surface area contributed by atoms with Gasteiger partial charge in [-0.1, -0.05) is 103 Å². The van der Waals surface area contributed by atoms with Crippen LogP contribution in [0.25, 0.3) is 12.2 Å². The Balaban J connectivity index is 2.11. The summed E-state index contributed by atoms with van der Waals surface area (Å²) in [5.74, 6) is -1.79. The maximum atomic E-state index is 12.9. The van der Waals surface area contributed by atoms with Gasteiger partial charge in [-0.25, -0.2) is 19.2 Å². The van der Waals surface area contributed by atoms with Crippen molar-refractivity contribution in [2.45, 2.75) is 78.6 Å². The fraction of sp³-hybridized carbons (Fsp3) is 0.459. The quantitative estimate of drug-likeness (QED) is 0.0286. The Bertz CT molecular complexity index is 1370. The summed E-state index contributed by atoms with van der Waals surface area (Å²) in [5, 5.41) is 0. The fourth-order valence-electron chi connectivity index (χ4n) is 3.66. The summed E-state index contributed by atoms with van der Waals surface area (Å²) >= 11 is 0. The van der Waals surface area contributed by atoms with Crippen LogP contribution < -0.4 is 9.47 Å². The molecule has 0 aromatic heterocycles. The van der Waals surface area contributed by atoms with Crippen molar-refractivity contribution in [3.05, 3.63) is 70.8 Å². The van der Waals surface area contributed by atoms with E-state index >= 15 is 0 Å². The Hall–Kier alpha value is -3.73. The molecule has 0 heterocycles. The average molecular weight is 773 g/mol. The van der Waals surface area contributed by atoms with Gasteiger partial charge in [0.1, 0.15) is 22.6 Å². The number of carbonyl (C=O) groups is 4. The van der Waals surface area contributed by atoms with E-state index in [9.17, 15) is 19.2 Å². The summed E-state index contributed by atoms with van der Waals surface area (Å²) in [6.45, 7) is 24.8. The molecule has 0 aliphatic rings. The van der Waals surface area contributed by atoms with Crippen LogP contribution in [0, 0.1) is 0 Å². The van der Waals surface area contributed by atoms with Crippen LogP contribution in [0.3, 0.4) is 0 Å². The van der Waals surface area contributed by atoms with Crippen LogP contribution in [0.15, 0.2) is 59.7 Å². The van der Waals surface area contributed by atoms with Gasteiger partial charge < -0.3 is 28.4 Å². The molecule has 51 heavy (non-hydrogen) atoms. The van der Waals surface area contributed by atoms with E-state index in [1.54, 1.807) is 48.5 Å². The molecule has 0 aliphatic carbocycles. The summed E-state index contributed by atoms with van der Waals surface area (Å²) in [4.78, 5) is 51.7. The summed E-state index contributed by atoms with van der Waals surface area (Å²) < 4.78 is 33.4. The first-order valence-electron chi connectivity index (χ1n) is 17.0. The van der Waals surface area contributed by atoms with E-state index in [2.05, 4.69) is 78.6 Å². The normalized spacial score (nSPS) is 11.8. The van der Waals surface area contributed by atoms with Gasteiger partial charge >= 0.3 is 23.9 Å². The summed E-state index contributed by atoms with van der Waals surface area (Å²) in [6, 6.07) is 13.7. The summed E-state index contributed by atoms with van der Waals surface area (Å²) in [7, 11) is -6.79. The molecule has 2 aromatic carbocycles.